The molecule has 5 rings (SSSR count). The highest BCUT2D eigenvalue weighted by Crippen LogP contribution is 2.26. The van der Waals surface area contributed by atoms with E-state index in [9.17, 15) is 9.18 Å². The molecule has 1 fully saturated rings. The zero-order chi connectivity index (χ0) is 23.5. The van der Waals surface area contributed by atoms with Crippen molar-refractivity contribution in [3.05, 3.63) is 84.4 Å². The van der Waals surface area contributed by atoms with Gasteiger partial charge in [0.25, 0.3) is 0 Å². The molecule has 1 saturated heterocycles. The first-order valence-corrected chi connectivity index (χ1v) is 11.5. The van der Waals surface area contributed by atoms with Gasteiger partial charge in [-0.2, -0.15) is 0 Å². The quantitative estimate of drug-likeness (QED) is 0.441. The minimum atomic E-state index is -0.260. The summed E-state index contributed by atoms with van der Waals surface area (Å²) in [6.07, 6.45) is 1.58. The van der Waals surface area contributed by atoms with E-state index in [1.165, 1.54) is 12.1 Å². The van der Waals surface area contributed by atoms with Crippen LogP contribution in [0.4, 0.5) is 10.1 Å². The molecule has 0 radical (unpaired) electrons. The van der Waals surface area contributed by atoms with Crippen molar-refractivity contribution in [3.8, 4) is 11.4 Å². The van der Waals surface area contributed by atoms with Crippen LogP contribution in [0.5, 0.6) is 5.75 Å². The zero-order valence-corrected chi connectivity index (χ0v) is 19.1. The largest absolute Gasteiger partial charge is 0.497 e. The van der Waals surface area contributed by atoms with E-state index in [1.54, 1.807) is 19.2 Å². The summed E-state index contributed by atoms with van der Waals surface area (Å²) in [4.78, 5) is 20.0. The molecule has 1 aliphatic heterocycles. The van der Waals surface area contributed by atoms with Crippen molar-refractivity contribution in [2.45, 2.75) is 19.4 Å². The van der Waals surface area contributed by atoms with Crippen LogP contribution in [0.15, 0.2) is 72.8 Å². The van der Waals surface area contributed by atoms with Crippen molar-refractivity contribution in [1.29, 1.82) is 0 Å². The van der Waals surface area contributed by atoms with E-state index in [2.05, 4.69) is 14.8 Å². The van der Waals surface area contributed by atoms with Crippen molar-refractivity contribution in [1.82, 2.24) is 14.5 Å². The molecule has 1 amide bonds. The first kappa shape index (κ1) is 22.1. The van der Waals surface area contributed by atoms with Crippen LogP contribution >= 0.6 is 0 Å². The highest BCUT2D eigenvalue weighted by Gasteiger charge is 2.26. The number of amides is 1. The lowest BCUT2D eigenvalue weighted by atomic mass is 9.96. The molecule has 0 aliphatic carbocycles. The van der Waals surface area contributed by atoms with Gasteiger partial charge in [-0.1, -0.05) is 12.1 Å². The van der Waals surface area contributed by atoms with Crippen molar-refractivity contribution in [2.24, 2.45) is 5.92 Å². The molecular weight excluding hydrogens is 431 g/mol. The van der Waals surface area contributed by atoms with Gasteiger partial charge in [0.05, 0.1) is 24.7 Å². The third kappa shape index (κ3) is 4.65. The second kappa shape index (κ2) is 9.65. The van der Waals surface area contributed by atoms with Crippen LogP contribution in [0.3, 0.4) is 0 Å². The van der Waals surface area contributed by atoms with Gasteiger partial charge in [0, 0.05) is 17.3 Å². The number of fused-ring (bicyclic) bond motifs is 1. The van der Waals surface area contributed by atoms with Gasteiger partial charge in [0.2, 0.25) is 5.91 Å². The maximum absolute atomic E-state index is 13.5. The molecule has 0 unspecified atom stereocenters. The minimum Gasteiger partial charge on any atom is -0.497 e. The maximum atomic E-state index is 13.5. The first-order chi connectivity index (χ1) is 16.6. The Morgan fingerprint density at radius 3 is 2.44 bits per heavy atom. The van der Waals surface area contributed by atoms with E-state index in [-0.39, 0.29) is 17.6 Å². The van der Waals surface area contributed by atoms with Gasteiger partial charge < -0.3 is 10.1 Å². The molecule has 7 heteroatoms. The third-order valence-electron chi connectivity index (χ3n) is 6.40. The summed E-state index contributed by atoms with van der Waals surface area (Å²) in [6.45, 7) is 2.29. The van der Waals surface area contributed by atoms with Crippen LogP contribution in [0.1, 0.15) is 18.7 Å². The average molecular weight is 459 g/mol. The summed E-state index contributed by atoms with van der Waals surface area (Å²) in [5.41, 5.74) is 3.58. The van der Waals surface area contributed by atoms with E-state index in [0.717, 1.165) is 59.9 Å². The first-order valence-electron chi connectivity index (χ1n) is 11.5. The highest BCUT2D eigenvalue weighted by atomic mass is 19.1. The van der Waals surface area contributed by atoms with Gasteiger partial charge in [-0.25, -0.2) is 9.37 Å². The minimum absolute atomic E-state index is 0.0192. The Balaban J connectivity index is 1.26. The number of likely N-dealkylation sites (tertiary alicyclic amines) is 1. The molecule has 6 nitrogen and oxygen atoms in total. The molecular formula is C27H27FN4O2. The lowest BCUT2D eigenvalue weighted by Crippen LogP contribution is -2.38. The molecule has 34 heavy (non-hydrogen) atoms. The summed E-state index contributed by atoms with van der Waals surface area (Å²) < 4.78 is 20.8. The SMILES string of the molecule is COc1ccc(NC(=O)C2CCN(Cc3nc4ccccc4n3-c3ccc(F)cc3)CC2)cc1. The van der Waals surface area contributed by atoms with Gasteiger partial charge in [-0.15, -0.1) is 0 Å². The fourth-order valence-electron chi connectivity index (χ4n) is 4.53. The van der Waals surface area contributed by atoms with Crippen molar-refractivity contribution < 1.29 is 13.9 Å². The van der Waals surface area contributed by atoms with E-state index >= 15 is 0 Å². The van der Waals surface area contributed by atoms with E-state index in [0.29, 0.717) is 6.54 Å². The Kier molecular flexibility index (Phi) is 6.27. The summed E-state index contributed by atoms with van der Waals surface area (Å²) in [5, 5.41) is 3.02. The van der Waals surface area contributed by atoms with Crippen LogP contribution in [0.25, 0.3) is 16.7 Å². The summed E-state index contributed by atoms with van der Waals surface area (Å²) >= 11 is 0. The second-order valence-corrected chi connectivity index (χ2v) is 8.60. The molecule has 3 aromatic carbocycles. The number of nitrogens with zero attached hydrogens (tertiary/aromatic N) is 3. The number of aromatic nitrogens is 2. The highest BCUT2D eigenvalue weighted by molar-refractivity contribution is 5.92. The molecule has 1 aliphatic rings. The standard InChI is InChI=1S/C27H27FN4O2/c1-34-23-12-8-21(9-13-23)29-27(33)19-14-16-31(17-15-19)18-26-30-24-4-2-3-5-25(24)32(26)22-10-6-20(28)7-11-22/h2-13,19H,14-18H2,1H3,(H,29,33). The van der Waals surface area contributed by atoms with Crippen LogP contribution in [0, 0.1) is 11.7 Å². The Morgan fingerprint density at radius 1 is 1.03 bits per heavy atom. The average Bonchev–Trinajstić information content (AvgIpc) is 3.23. The number of benzene rings is 3. The maximum Gasteiger partial charge on any atom is 0.227 e. The van der Waals surface area contributed by atoms with Gasteiger partial charge in [0.1, 0.15) is 17.4 Å². The molecule has 4 aromatic rings. The molecule has 0 spiro atoms. The lowest BCUT2D eigenvalue weighted by molar-refractivity contribution is -0.121. The number of piperidine rings is 1. The third-order valence-corrected chi connectivity index (χ3v) is 6.40. The van der Waals surface area contributed by atoms with Crippen LogP contribution < -0.4 is 10.1 Å². The Hall–Kier alpha value is -3.71. The zero-order valence-electron chi connectivity index (χ0n) is 19.1. The predicted octanol–water partition coefficient (Wildman–Crippen LogP) is 5.02. The van der Waals surface area contributed by atoms with E-state index < -0.39 is 0 Å². The monoisotopic (exact) mass is 458 g/mol. The number of halogens is 1. The van der Waals surface area contributed by atoms with Gasteiger partial charge in [0.15, 0.2) is 0 Å². The Morgan fingerprint density at radius 2 is 1.74 bits per heavy atom. The Labute approximate surface area is 198 Å². The van der Waals surface area contributed by atoms with Crippen molar-refractivity contribution in [2.75, 3.05) is 25.5 Å². The Bertz CT molecular complexity index is 1280. The normalized spacial score (nSPS) is 14.9. The molecule has 0 bridgehead atoms. The molecule has 0 saturated carbocycles. The number of imidazole rings is 1. The van der Waals surface area contributed by atoms with Crippen LogP contribution in [0.2, 0.25) is 0 Å². The van der Waals surface area contributed by atoms with Gasteiger partial charge in [-0.3, -0.25) is 14.3 Å². The number of anilines is 1. The van der Waals surface area contributed by atoms with Crippen molar-refractivity contribution in [3.63, 3.8) is 0 Å². The molecule has 0 atom stereocenters. The lowest BCUT2D eigenvalue weighted by Gasteiger charge is -2.31. The van der Waals surface area contributed by atoms with E-state index in [4.69, 9.17) is 9.72 Å². The number of ether oxygens (including phenoxy) is 1. The fraction of sp³-hybridized carbons (Fsp3) is 0.259. The second-order valence-electron chi connectivity index (χ2n) is 8.60. The molecule has 1 aromatic heterocycles. The van der Waals surface area contributed by atoms with Gasteiger partial charge in [-0.05, 0) is 86.6 Å². The molecule has 174 valence electrons. The number of carbonyl (C=O) groups is 1. The summed E-state index contributed by atoms with van der Waals surface area (Å²) in [7, 11) is 1.62. The summed E-state index contributed by atoms with van der Waals surface area (Å²) in [5.74, 6) is 1.45. The van der Waals surface area contributed by atoms with Gasteiger partial charge >= 0.3 is 0 Å². The number of hydrogen-bond donors (Lipinski definition) is 1. The van der Waals surface area contributed by atoms with E-state index in [1.807, 2.05) is 48.5 Å². The van der Waals surface area contributed by atoms with Crippen LogP contribution in [-0.2, 0) is 11.3 Å². The van der Waals surface area contributed by atoms with Crippen LogP contribution in [-0.4, -0.2) is 40.6 Å². The summed E-state index contributed by atoms with van der Waals surface area (Å²) in [6, 6.07) is 21.9. The predicted molar refractivity (Wildman–Crippen MR) is 131 cm³/mol. The van der Waals surface area contributed by atoms with Crippen molar-refractivity contribution >= 4 is 22.6 Å². The topological polar surface area (TPSA) is 59.4 Å². The number of para-hydroxylation sites is 2. The number of nitrogens with one attached hydrogen (secondary N) is 1. The number of hydrogen-bond acceptors (Lipinski definition) is 4. The molecule has 1 N–H and O–H groups in total. The number of carbonyl (C=O) groups excluding carboxylic acids is 1. The molecule has 2 heterocycles. The number of methoxy groups -OCH3 is 1. The smallest absolute Gasteiger partial charge is 0.227 e. The fourth-order valence-corrected chi connectivity index (χ4v) is 4.53. The number of rotatable bonds is 6.